The first-order valence-corrected chi connectivity index (χ1v) is 12.1. The largest absolute Gasteiger partial charge is 0.350 e. The number of halogens is 1. The van der Waals surface area contributed by atoms with E-state index in [1.54, 1.807) is 17.0 Å². The van der Waals surface area contributed by atoms with E-state index >= 15 is 0 Å². The fraction of sp³-hybridized carbons (Fsp3) is 0.333. The number of carbonyl (C=O) groups excluding carboxylic acids is 2. The molecule has 184 valence electrons. The molecule has 1 unspecified atom stereocenters. The van der Waals surface area contributed by atoms with Crippen molar-refractivity contribution in [3.63, 3.8) is 0 Å². The van der Waals surface area contributed by atoms with Crippen molar-refractivity contribution in [3.8, 4) is 0 Å². The van der Waals surface area contributed by atoms with Crippen LogP contribution in [-0.2, 0) is 16.1 Å². The molecule has 3 rings (SSSR count). The van der Waals surface area contributed by atoms with Crippen molar-refractivity contribution in [1.29, 1.82) is 0 Å². The second kappa shape index (κ2) is 11.8. The van der Waals surface area contributed by atoms with Gasteiger partial charge in [0, 0.05) is 24.4 Å². The fourth-order valence-electron chi connectivity index (χ4n) is 4.25. The summed E-state index contributed by atoms with van der Waals surface area (Å²) in [5.41, 5.74) is 2.44. The van der Waals surface area contributed by atoms with Crippen LogP contribution in [-0.4, -0.2) is 28.3 Å². The summed E-state index contributed by atoms with van der Waals surface area (Å²) in [7, 11) is 0. The van der Waals surface area contributed by atoms with E-state index in [1.807, 2.05) is 88.4 Å². The molecule has 0 spiro atoms. The normalized spacial score (nSPS) is 12.3. The maximum Gasteiger partial charge on any atom is 0.243 e. The maximum absolute atomic E-state index is 13.9. The van der Waals surface area contributed by atoms with Crippen LogP contribution in [0.5, 0.6) is 0 Å². The Morgan fingerprint density at radius 3 is 1.83 bits per heavy atom. The number of hydrogen-bond acceptors (Lipinski definition) is 2. The van der Waals surface area contributed by atoms with E-state index in [9.17, 15) is 14.0 Å². The highest BCUT2D eigenvalue weighted by Gasteiger charge is 2.32. The number of nitrogens with one attached hydrogen (secondary N) is 1. The van der Waals surface area contributed by atoms with E-state index in [1.165, 1.54) is 12.1 Å². The van der Waals surface area contributed by atoms with Crippen LogP contribution in [0.25, 0.3) is 0 Å². The molecule has 5 heteroatoms. The van der Waals surface area contributed by atoms with Crippen molar-refractivity contribution in [2.45, 2.75) is 64.6 Å². The Hall–Kier alpha value is -3.47. The third-order valence-corrected chi connectivity index (χ3v) is 5.93. The van der Waals surface area contributed by atoms with Gasteiger partial charge in [0.15, 0.2) is 0 Å². The van der Waals surface area contributed by atoms with E-state index in [4.69, 9.17) is 0 Å². The van der Waals surface area contributed by atoms with E-state index in [0.717, 1.165) is 16.7 Å². The smallest absolute Gasteiger partial charge is 0.243 e. The predicted molar refractivity (Wildman–Crippen MR) is 138 cm³/mol. The standard InChI is InChI=1S/C30H35FN2O2/c1-5-27(29(35)32-30(2,3)4)33(21-22-16-18-25(31)19-17-22)28(34)20-26(23-12-8-6-9-13-23)24-14-10-7-11-15-24/h6-19,26-27H,5,20-21H2,1-4H3,(H,32,35). The van der Waals surface area contributed by atoms with Gasteiger partial charge in [0.25, 0.3) is 0 Å². The van der Waals surface area contributed by atoms with Gasteiger partial charge in [0.05, 0.1) is 0 Å². The molecule has 0 heterocycles. The molecule has 0 saturated heterocycles. The summed E-state index contributed by atoms with van der Waals surface area (Å²) in [6.45, 7) is 7.90. The van der Waals surface area contributed by atoms with E-state index < -0.39 is 11.6 Å². The van der Waals surface area contributed by atoms with E-state index in [-0.39, 0.29) is 36.5 Å². The number of rotatable bonds is 9. The van der Waals surface area contributed by atoms with Gasteiger partial charge in [-0.3, -0.25) is 9.59 Å². The molecule has 4 nitrogen and oxygen atoms in total. The zero-order valence-corrected chi connectivity index (χ0v) is 21.0. The number of amides is 2. The lowest BCUT2D eigenvalue weighted by Crippen LogP contribution is -2.53. The van der Waals surface area contributed by atoms with Crippen LogP contribution in [0.3, 0.4) is 0 Å². The molecule has 0 aliphatic carbocycles. The van der Waals surface area contributed by atoms with Crippen LogP contribution >= 0.6 is 0 Å². The lowest BCUT2D eigenvalue weighted by atomic mass is 9.88. The lowest BCUT2D eigenvalue weighted by molar-refractivity contribution is -0.142. The SMILES string of the molecule is CCC(C(=O)NC(C)(C)C)N(Cc1ccc(F)cc1)C(=O)CC(c1ccccc1)c1ccccc1. The molecule has 2 amide bonds. The molecule has 0 aliphatic rings. The second-order valence-corrected chi connectivity index (χ2v) is 9.89. The van der Waals surface area contributed by atoms with Crippen molar-refractivity contribution in [2.24, 2.45) is 0 Å². The Kier molecular flexibility index (Phi) is 8.80. The summed E-state index contributed by atoms with van der Waals surface area (Å²) in [6, 6.07) is 25.3. The second-order valence-electron chi connectivity index (χ2n) is 9.89. The zero-order valence-electron chi connectivity index (χ0n) is 21.0. The van der Waals surface area contributed by atoms with Crippen LogP contribution in [0.4, 0.5) is 4.39 Å². The number of benzene rings is 3. The molecule has 0 aliphatic heterocycles. The average molecular weight is 475 g/mol. The summed E-state index contributed by atoms with van der Waals surface area (Å²) in [4.78, 5) is 28.8. The molecule has 0 radical (unpaired) electrons. The first-order chi connectivity index (χ1) is 16.7. The molecule has 3 aromatic carbocycles. The quantitative estimate of drug-likeness (QED) is 0.409. The number of nitrogens with zero attached hydrogens (tertiary/aromatic N) is 1. The average Bonchev–Trinajstić information content (AvgIpc) is 2.83. The van der Waals surface area contributed by atoms with Crippen molar-refractivity contribution in [3.05, 3.63) is 107 Å². The molecule has 1 atom stereocenters. The molecule has 35 heavy (non-hydrogen) atoms. The fourth-order valence-corrected chi connectivity index (χ4v) is 4.25. The van der Waals surface area contributed by atoms with Gasteiger partial charge in [-0.05, 0) is 56.0 Å². The highest BCUT2D eigenvalue weighted by Crippen LogP contribution is 2.29. The monoisotopic (exact) mass is 474 g/mol. The molecule has 0 fully saturated rings. The van der Waals surface area contributed by atoms with Crippen molar-refractivity contribution >= 4 is 11.8 Å². The molecular formula is C30H35FN2O2. The maximum atomic E-state index is 13.9. The number of carbonyl (C=O) groups is 2. The highest BCUT2D eigenvalue weighted by molar-refractivity contribution is 5.88. The van der Waals surface area contributed by atoms with Crippen molar-refractivity contribution in [2.75, 3.05) is 0 Å². The summed E-state index contributed by atoms with van der Waals surface area (Å²) >= 11 is 0. The van der Waals surface area contributed by atoms with Gasteiger partial charge in [-0.15, -0.1) is 0 Å². The molecule has 1 N–H and O–H groups in total. The topological polar surface area (TPSA) is 49.4 Å². The van der Waals surface area contributed by atoms with Gasteiger partial charge in [-0.2, -0.15) is 0 Å². The summed E-state index contributed by atoms with van der Waals surface area (Å²) < 4.78 is 13.5. The van der Waals surface area contributed by atoms with Gasteiger partial charge in [0.2, 0.25) is 11.8 Å². The zero-order chi connectivity index (χ0) is 25.4. The minimum atomic E-state index is -0.640. The Morgan fingerprint density at radius 1 is 0.857 bits per heavy atom. The summed E-state index contributed by atoms with van der Waals surface area (Å²) in [6.07, 6.45) is 0.685. The third kappa shape index (κ3) is 7.51. The van der Waals surface area contributed by atoms with Crippen LogP contribution in [0.2, 0.25) is 0 Å². The van der Waals surface area contributed by atoms with Crippen LogP contribution in [0.1, 0.15) is 63.1 Å². The van der Waals surface area contributed by atoms with E-state index in [0.29, 0.717) is 6.42 Å². The first-order valence-electron chi connectivity index (χ1n) is 12.1. The Balaban J connectivity index is 1.96. The summed E-state index contributed by atoms with van der Waals surface area (Å²) in [5, 5.41) is 3.02. The Bertz CT molecular complexity index is 1050. The molecule has 0 bridgehead atoms. The first kappa shape index (κ1) is 26.1. The predicted octanol–water partition coefficient (Wildman–Crippen LogP) is 6.07. The molecule has 0 saturated carbocycles. The van der Waals surface area contributed by atoms with Crippen molar-refractivity contribution < 1.29 is 14.0 Å². The van der Waals surface area contributed by atoms with E-state index in [2.05, 4.69) is 5.32 Å². The molecule has 0 aromatic heterocycles. The lowest BCUT2D eigenvalue weighted by Gasteiger charge is -2.34. The van der Waals surface area contributed by atoms with Crippen LogP contribution in [0, 0.1) is 5.82 Å². The number of hydrogen-bond donors (Lipinski definition) is 1. The van der Waals surface area contributed by atoms with Gasteiger partial charge in [0.1, 0.15) is 11.9 Å². The Morgan fingerprint density at radius 2 is 1.37 bits per heavy atom. The van der Waals surface area contributed by atoms with Gasteiger partial charge >= 0.3 is 0 Å². The van der Waals surface area contributed by atoms with Gasteiger partial charge in [-0.25, -0.2) is 4.39 Å². The van der Waals surface area contributed by atoms with Gasteiger partial charge in [-0.1, -0.05) is 79.7 Å². The summed E-state index contributed by atoms with van der Waals surface area (Å²) in [5.74, 6) is -0.796. The van der Waals surface area contributed by atoms with Crippen LogP contribution < -0.4 is 5.32 Å². The molecule has 3 aromatic rings. The van der Waals surface area contributed by atoms with Crippen LogP contribution in [0.15, 0.2) is 84.9 Å². The highest BCUT2D eigenvalue weighted by atomic mass is 19.1. The third-order valence-electron chi connectivity index (χ3n) is 5.93. The van der Waals surface area contributed by atoms with Crippen molar-refractivity contribution in [1.82, 2.24) is 10.2 Å². The van der Waals surface area contributed by atoms with Gasteiger partial charge < -0.3 is 10.2 Å². The minimum Gasteiger partial charge on any atom is -0.350 e. The molecular weight excluding hydrogens is 439 g/mol. The Labute approximate surface area is 208 Å². The minimum absolute atomic E-state index is 0.122.